The van der Waals surface area contributed by atoms with Crippen LogP contribution in [0.4, 0.5) is 0 Å². The van der Waals surface area contributed by atoms with Crippen molar-refractivity contribution in [3.8, 4) is 5.75 Å². The molecular formula is C16H24N2O3. The molecule has 1 aliphatic heterocycles. The standard InChI is InChI=1S/C16H24N2O3/c17-8-1-2-9-18-16(19)13-5-3-6-14(11-13)21-12-15-7-4-10-20-15/h3,5-6,11,15H,1-2,4,7-10,12,17H2,(H,18,19). The maximum atomic E-state index is 12.0. The zero-order chi connectivity index (χ0) is 14.9. The number of hydrogen-bond donors (Lipinski definition) is 2. The van der Waals surface area contributed by atoms with Gasteiger partial charge in [-0.25, -0.2) is 0 Å². The molecule has 1 fully saturated rings. The number of hydrogen-bond acceptors (Lipinski definition) is 4. The van der Waals surface area contributed by atoms with E-state index in [9.17, 15) is 4.79 Å². The highest BCUT2D eigenvalue weighted by atomic mass is 16.5. The molecule has 0 spiro atoms. The van der Waals surface area contributed by atoms with Crippen LogP contribution in [0.3, 0.4) is 0 Å². The fourth-order valence-electron chi connectivity index (χ4n) is 2.27. The highest BCUT2D eigenvalue weighted by Gasteiger charge is 2.16. The van der Waals surface area contributed by atoms with E-state index < -0.39 is 0 Å². The van der Waals surface area contributed by atoms with Crippen molar-refractivity contribution in [2.45, 2.75) is 31.8 Å². The molecule has 1 aromatic rings. The molecule has 1 unspecified atom stereocenters. The molecule has 0 saturated carbocycles. The van der Waals surface area contributed by atoms with Crippen molar-refractivity contribution >= 4 is 5.91 Å². The molecule has 0 bridgehead atoms. The lowest BCUT2D eigenvalue weighted by molar-refractivity contribution is 0.0679. The van der Waals surface area contributed by atoms with Gasteiger partial charge in [-0.05, 0) is 50.4 Å². The number of ether oxygens (including phenoxy) is 2. The first-order valence-corrected chi connectivity index (χ1v) is 7.62. The van der Waals surface area contributed by atoms with Crippen molar-refractivity contribution in [2.75, 3.05) is 26.3 Å². The van der Waals surface area contributed by atoms with Crippen LogP contribution in [0.5, 0.6) is 5.75 Å². The molecule has 1 heterocycles. The second-order valence-corrected chi connectivity index (χ2v) is 5.23. The number of benzene rings is 1. The van der Waals surface area contributed by atoms with E-state index in [-0.39, 0.29) is 12.0 Å². The number of nitrogens with two attached hydrogens (primary N) is 1. The topological polar surface area (TPSA) is 73.6 Å². The third-order valence-electron chi connectivity index (χ3n) is 3.47. The van der Waals surface area contributed by atoms with Gasteiger partial charge in [-0.1, -0.05) is 6.07 Å². The molecule has 21 heavy (non-hydrogen) atoms. The maximum Gasteiger partial charge on any atom is 0.251 e. The Labute approximate surface area is 125 Å². The number of unbranched alkanes of at least 4 members (excludes halogenated alkanes) is 1. The number of rotatable bonds is 8. The van der Waals surface area contributed by atoms with Crippen LogP contribution < -0.4 is 15.8 Å². The van der Waals surface area contributed by atoms with Gasteiger partial charge in [-0.3, -0.25) is 4.79 Å². The van der Waals surface area contributed by atoms with Crippen LogP contribution in [0.25, 0.3) is 0 Å². The number of carbonyl (C=O) groups excluding carboxylic acids is 1. The molecule has 1 aliphatic rings. The molecule has 5 nitrogen and oxygen atoms in total. The van der Waals surface area contributed by atoms with Gasteiger partial charge in [0.1, 0.15) is 12.4 Å². The Kier molecular flexibility index (Phi) is 6.50. The molecule has 1 amide bonds. The molecule has 0 radical (unpaired) electrons. The molecule has 2 rings (SSSR count). The summed E-state index contributed by atoms with van der Waals surface area (Å²) in [5.41, 5.74) is 6.04. The first-order valence-electron chi connectivity index (χ1n) is 7.62. The van der Waals surface area contributed by atoms with Gasteiger partial charge < -0.3 is 20.5 Å². The maximum absolute atomic E-state index is 12.0. The van der Waals surface area contributed by atoms with Gasteiger partial charge in [0, 0.05) is 18.7 Å². The first kappa shape index (κ1) is 15.8. The van der Waals surface area contributed by atoms with Crippen molar-refractivity contribution in [2.24, 2.45) is 5.73 Å². The lowest BCUT2D eigenvalue weighted by Gasteiger charge is -2.12. The number of carbonyl (C=O) groups is 1. The van der Waals surface area contributed by atoms with E-state index in [0.29, 0.717) is 31.0 Å². The van der Waals surface area contributed by atoms with E-state index in [1.165, 1.54) is 0 Å². The molecule has 0 aliphatic carbocycles. The fraction of sp³-hybridized carbons (Fsp3) is 0.562. The third-order valence-corrected chi connectivity index (χ3v) is 3.47. The van der Waals surface area contributed by atoms with Crippen molar-refractivity contribution in [1.29, 1.82) is 0 Å². The summed E-state index contributed by atoms with van der Waals surface area (Å²) in [5.74, 6) is 0.634. The lowest BCUT2D eigenvalue weighted by Crippen LogP contribution is -2.25. The molecule has 1 atom stereocenters. The SMILES string of the molecule is NCCCCNC(=O)c1cccc(OCC2CCCO2)c1. The number of nitrogens with one attached hydrogen (secondary N) is 1. The summed E-state index contributed by atoms with van der Waals surface area (Å²) in [6.07, 6.45) is 4.14. The number of amides is 1. The van der Waals surface area contributed by atoms with Crippen LogP contribution in [0, 0.1) is 0 Å². The van der Waals surface area contributed by atoms with Crippen molar-refractivity contribution in [3.63, 3.8) is 0 Å². The minimum absolute atomic E-state index is 0.0745. The van der Waals surface area contributed by atoms with E-state index in [0.717, 1.165) is 32.3 Å². The second kappa shape index (κ2) is 8.64. The zero-order valence-electron chi connectivity index (χ0n) is 12.3. The van der Waals surface area contributed by atoms with Gasteiger partial charge in [-0.15, -0.1) is 0 Å². The third kappa shape index (κ3) is 5.36. The van der Waals surface area contributed by atoms with Crippen LogP contribution >= 0.6 is 0 Å². The molecule has 5 heteroatoms. The largest absolute Gasteiger partial charge is 0.491 e. The Balaban J connectivity index is 1.80. The summed E-state index contributed by atoms with van der Waals surface area (Å²) >= 11 is 0. The quantitative estimate of drug-likeness (QED) is 0.715. The van der Waals surface area contributed by atoms with Gasteiger partial charge in [0.2, 0.25) is 0 Å². The van der Waals surface area contributed by atoms with Crippen molar-refractivity contribution in [1.82, 2.24) is 5.32 Å². The van der Waals surface area contributed by atoms with E-state index in [4.69, 9.17) is 15.2 Å². The molecule has 1 aromatic carbocycles. The van der Waals surface area contributed by atoms with Crippen LogP contribution in [-0.2, 0) is 4.74 Å². The predicted octanol–water partition coefficient (Wildman–Crippen LogP) is 1.71. The second-order valence-electron chi connectivity index (χ2n) is 5.23. The summed E-state index contributed by atoms with van der Waals surface area (Å²) in [4.78, 5) is 12.0. The van der Waals surface area contributed by atoms with Crippen LogP contribution in [0.1, 0.15) is 36.0 Å². The predicted molar refractivity (Wildman–Crippen MR) is 81.5 cm³/mol. The molecule has 3 N–H and O–H groups in total. The van der Waals surface area contributed by atoms with Gasteiger partial charge >= 0.3 is 0 Å². The summed E-state index contributed by atoms with van der Waals surface area (Å²) < 4.78 is 11.2. The van der Waals surface area contributed by atoms with E-state index in [1.807, 2.05) is 12.1 Å². The smallest absolute Gasteiger partial charge is 0.251 e. The zero-order valence-corrected chi connectivity index (χ0v) is 12.3. The monoisotopic (exact) mass is 292 g/mol. The van der Waals surface area contributed by atoms with Gasteiger partial charge in [0.05, 0.1) is 6.10 Å². The summed E-state index contributed by atoms with van der Waals surface area (Å²) in [5, 5.41) is 2.88. The lowest BCUT2D eigenvalue weighted by atomic mass is 10.2. The van der Waals surface area contributed by atoms with Crippen molar-refractivity contribution in [3.05, 3.63) is 29.8 Å². The van der Waals surface area contributed by atoms with Crippen LogP contribution in [-0.4, -0.2) is 38.3 Å². The Morgan fingerprint density at radius 3 is 3.10 bits per heavy atom. The minimum Gasteiger partial charge on any atom is -0.491 e. The Morgan fingerprint density at radius 2 is 2.33 bits per heavy atom. The van der Waals surface area contributed by atoms with Gasteiger partial charge in [0.25, 0.3) is 5.91 Å². The Morgan fingerprint density at radius 1 is 1.43 bits per heavy atom. The van der Waals surface area contributed by atoms with E-state index in [1.54, 1.807) is 12.1 Å². The Bertz CT molecular complexity index is 445. The average Bonchev–Trinajstić information content (AvgIpc) is 3.03. The van der Waals surface area contributed by atoms with Gasteiger partial charge in [0.15, 0.2) is 0 Å². The summed E-state index contributed by atoms with van der Waals surface area (Å²) in [6.45, 7) is 2.67. The van der Waals surface area contributed by atoms with E-state index in [2.05, 4.69) is 5.32 Å². The van der Waals surface area contributed by atoms with Crippen LogP contribution in [0.15, 0.2) is 24.3 Å². The normalized spacial score (nSPS) is 17.7. The fourth-order valence-corrected chi connectivity index (χ4v) is 2.27. The van der Waals surface area contributed by atoms with Gasteiger partial charge in [-0.2, -0.15) is 0 Å². The summed E-state index contributed by atoms with van der Waals surface area (Å²) in [6, 6.07) is 7.25. The average molecular weight is 292 g/mol. The van der Waals surface area contributed by atoms with E-state index >= 15 is 0 Å². The molecular weight excluding hydrogens is 268 g/mol. The molecule has 1 saturated heterocycles. The van der Waals surface area contributed by atoms with Crippen molar-refractivity contribution < 1.29 is 14.3 Å². The van der Waals surface area contributed by atoms with Crippen LogP contribution in [0.2, 0.25) is 0 Å². The highest BCUT2D eigenvalue weighted by molar-refractivity contribution is 5.94. The first-order chi connectivity index (χ1) is 10.3. The molecule has 0 aromatic heterocycles. The molecule has 116 valence electrons. The highest BCUT2D eigenvalue weighted by Crippen LogP contribution is 2.17. The minimum atomic E-state index is -0.0745. The summed E-state index contributed by atoms with van der Waals surface area (Å²) in [7, 11) is 0. The Hall–Kier alpha value is -1.59.